The molecule has 0 bridgehead atoms. The third kappa shape index (κ3) is 5.31. The van der Waals surface area contributed by atoms with Crippen molar-refractivity contribution in [1.82, 2.24) is 4.98 Å². The molecule has 0 radical (unpaired) electrons. The van der Waals surface area contributed by atoms with E-state index in [4.69, 9.17) is 26.2 Å². The van der Waals surface area contributed by atoms with Crippen molar-refractivity contribution in [1.29, 1.82) is 0 Å². The Kier molecular flexibility index (Phi) is 6.42. The number of ether oxygens (including phenoxy) is 2. The van der Waals surface area contributed by atoms with E-state index in [1.165, 1.54) is 24.3 Å². The van der Waals surface area contributed by atoms with Crippen LogP contribution in [0.3, 0.4) is 0 Å². The van der Waals surface area contributed by atoms with Crippen molar-refractivity contribution in [3.8, 4) is 17.4 Å². The van der Waals surface area contributed by atoms with Crippen LogP contribution in [0, 0.1) is 0 Å². The van der Waals surface area contributed by atoms with Gasteiger partial charge in [0.05, 0.1) is 5.56 Å². The van der Waals surface area contributed by atoms with E-state index in [2.05, 4.69) is 4.98 Å². The van der Waals surface area contributed by atoms with Crippen molar-refractivity contribution in [3.63, 3.8) is 0 Å². The number of benzene rings is 1. The first-order chi connectivity index (χ1) is 10.8. The summed E-state index contributed by atoms with van der Waals surface area (Å²) < 4.78 is 47.7. The van der Waals surface area contributed by atoms with E-state index in [-0.39, 0.29) is 24.1 Å². The zero-order valence-corrected chi connectivity index (χ0v) is 12.1. The van der Waals surface area contributed by atoms with Gasteiger partial charge in [0.1, 0.15) is 16.5 Å². The molecule has 0 atom stereocenters. The number of carboxylic acids is 1. The first-order valence-electron chi connectivity index (χ1n) is 6.11. The largest absolute Gasteiger partial charge is 0.482 e. The third-order valence-corrected chi connectivity index (χ3v) is 2.81. The van der Waals surface area contributed by atoms with Crippen LogP contribution in [-0.2, 0) is 11.0 Å². The summed E-state index contributed by atoms with van der Waals surface area (Å²) in [7, 11) is 0. The van der Waals surface area contributed by atoms with Crippen LogP contribution in [0.2, 0.25) is 5.02 Å². The standard InChI is InChI=1S/C14H9ClF3NO4.CH4/c15-11-5-8(14(16,17)18)6-19-13(11)23-10-3-1-9(2-4-10)22-7-12(20)21;/h1-6H,7H2,(H,20,21);1H4. The molecule has 0 saturated heterocycles. The molecule has 0 aliphatic carbocycles. The second-order valence-corrected chi connectivity index (χ2v) is 4.67. The zero-order chi connectivity index (χ0) is 17.0. The van der Waals surface area contributed by atoms with Crippen LogP contribution < -0.4 is 9.47 Å². The normalized spacial score (nSPS) is 10.7. The monoisotopic (exact) mass is 363 g/mol. The number of rotatable bonds is 5. The molecule has 1 aromatic carbocycles. The van der Waals surface area contributed by atoms with Crippen molar-refractivity contribution in [2.24, 2.45) is 0 Å². The number of hydrogen-bond acceptors (Lipinski definition) is 4. The third-order valence-electron chi connectivity index (χ3n) is 2.54. The van der Waals surface area contributed by atoms with Crippen LogP contribution in [0.25, 0.3) is 0 Å². The Morgan fingerprint density at radius 3 is 2.29 bits per heavy atom. The summed E-state index contributed by atoms with van der Waals surface area (Å²) in [5.74, 6) is -0.752. The van der Waals surface area contributed by atoms with E-state index >= 15 is 0 Å². The van der Waals surface area contributed by atoms with Crippen LogP contribution in [0.4, 0.5) is 13.2 Å². The summed E-state index contributed by atoms with van der Waals surface area (Å²) in [4.78, 5) is 13.9. The summed E-state index contributed by atoms with van der Waals surface area (Å²) in [6, 6.07) is 6.47. The average Bonchev–Trinajstić information content (AvgIpc) is 2.47. The minimum atomic E-state index is -4.54. The second kappa shape index (κ2) is 7.87. The Balaban J connectivity index is 0.00000288. The highest BCUT2D eigenvalue weighted by Gasteiger charge is 2.31. The number of aliphatic carboxylic acids is 1. The second-order valence-electron chi connectivity index (χ2n) is 4.26. The predicted molar refractivity (Wildman–Crippen MR) is 80.6 cm³/mol. The number of nitrogens with zero attached hydrogens (tertiary/aromatic N) is 1. The molecular formula is C15H13ClF3NO4. The van der Waals surface area contributed by atoms with Crippen molar-refractivity contribution in [2.45, 2.75) is 13.6 Å². The number of carboxylic acid groups (broad SMARTS) is 1. The highest BCUT2D eigenvalue weighted by atomic mass is 35.5. The fourth-order valence-electron chi connectivity index (χ4n) is 1.52. The molecule has 2 rings (SSSR count). The lowest BCUT2D eigenvalue weighted by Gasteiger charge is -2.10. The van der Waals surface area contributed by atoms with E-state index < -0.39 is 24.3 Å². The van der Waals surface area contributed by atoms with Gasteiger partial charge in [0.25, 0.3) is 0 Å². The molecule has 0 aliphatic rings. The molecule has 5 nitrogen and oxygen atoms in total. The quantitative estimate of drug-likeness (QED) is 0.837. The van der Waals surface area contributed by atoms with Gasteiger partial charge in [-0.3, -0.25) is 0 Å². The molecule has 0 amide bonds. The van der Waals surface area contributed by atoms with E-state index in [0.29, 0.717) is 18.0 Å². The molecule has 130 valence electrons. The summed E-state index contributed by atoms with van der Waals surface area (Å²) in [5.41, 5.74) is -0.979. The van der Waals surface area contributed by atoms with E-state index in [1.807, 2.05) is 0 Å². The van der Waals surface area contributed by atoms with E-state index in [1.54, 1.807) is 0 Å². The summed E-state index contributed by atoms with van der Waals surface area (Å²) in [5, 5.41) is 8.20. The minimum absolute atomic E-state index is 0. The topological polar surface area (TPSA) is 68.7 Å². The lowest BCUT2D eigenvalue weighted by atomic mass is 10.3. The van der Waals surface area contributed by atoms with Gasteiger partial charge in [-0.25, -0.2) is 9.78 Å². The van der Waals surface area contributed by atoms with E-state index in [9.17, 15) is 18.0 Å². The fraction of sp³-hybridized carbons (Fsp3) is 0.200. The van der Waals surface area contributed by atoms with Crippen molar-refractivity contribution in [3.05, 3.63) is 47.1 Å². The van der Waals surface area contributed by atoms with Crippen molar-refractivity contribution < 1.29 is 32.5 Å². The molecule has 1 heterocycles. The van der Waals surface area contributed by atoms with Crippen LogP contribution in [0.15, 0.2) is 36.5 Å². The summed E-state index contributed by atoms with van der Waals surface area (Å²) in [6.07, 6.45) is -3.93. The van der Waals surface area contributed by atoms with Crippen molar-refractivity contribution >= 4 is 17.6 Å². The van der Waals surface area contributed by atoms with Crippen molar-refractivity contribution in [2.75, 3.05) is 6.61 Å². The Hall–Kier alpha value is -2.48. The molecule has 1 aromatic heterocycles. The van der Waals surface area contributed by atoms with E-state index in [0.717, 1.165) is 0 Å². The molecule has 0 fully saturated rings. The molecule has 0 aliphatic heterocycles. The number of alkyl halides is 3. The maximum absolute atomic E-state index is 12.5. The first-order valence-corrected chi connectivity index (χ1v) is 6.49. The molecule has 0 saturated carbocycles. The van der Waals surface area contributed by atoms with Gasteiger partial charge in [-0.1, -0.05) is 19.0 Å². The summed E-state index contributed by atoms with van der Waals surface area (Å²) >= 11 is 5.72. The number of hydrogen-bond donors (Lipinski definition) is 1. The number of halogens is 4. The number of aromatic nitrogens is 1. The van der Waals surface area contributed by atoms with Gasteiger partial charge in [-0.15, -0.1) is 0 Å². The van der Waals surface area contributed by atoms with Gasteiger partial charge in [0.15, 0.2) is 6.61 Å². The molecule has 9 heteroatoms. The van der Waals surface area contributed by atoms with Gasteiger partial charge in [0.2, 0.25) is 5.88 Å². The molecule has 1 N–H and O–H groups in total. The molecule has 2 aromatic rings. The average molecular weight is 364 g/mol. The Bertz CT molecular complexity index is 705. The number of carbonyl (C=O) groups is 1. The lowest BCUT2D eigenvalue weighted by molar-refractivity contribution is -0.139. The van der Waals surface area contributed by atoms with Crippen LogP contribution in [-0.4, -0.2) is 22.7 Å². The highest BCUT2D eigenvalue weighted by molar-refractivity contribution is 6.31. The van der Waals surface area contributed by atoms with Crippen LogP contribution >= 0.6 is 11.6 Å². The molecule has 24 heavy (non-hydrogen) atoms. The van der Waals surface area contributed by atoms with Gasteiger partial charge in [-0.2, -0.15) is 13.2 Å². The molecule has 0 spiro atoms. The van der Waals surface area contributed by atoms with Gasteiger partial charge in [-0.05, 0) is 30.3 Å². The zero-order valence-electron chi connectivity index (χ0n) is 11.3. The Morgan fingerprint density at radius 1 is 1.21 bits per heavy atom. The van der Waals surface area contributed by atoms with Crippen LogP contribution in [0.5, 0.6) is 17.4 Å². The first kappa shape index (κ1) is 19.6. The predicted octanol–water partition coefficient (Wildman–Crippen LogP) is 4.65. The highest BCUT2D eigenvalue weighted by Crippen LogP contribution is 2.34. The maximum Gasteiger partial charge on any atom is 0.417 e. The summed E-state index contributed by atoms with van der Waals surface area (Å²) in [6.45, 7) is -0.494. The Morgan fingerprint density at radius 2 is 1.79 bits per heavy atom. The fourth-order valence-corrected chi connectivity index (χ4v) is 1.72. The maximum atomic E-state index is 12.5. The smallest absolute Gasteiger partial charge is 0.417 e. The van der Waals surface area contributed by atoms with Gasteiger partial charge in [0, 0.05) is 6.20 Å². The number of pyridine rings is 1. The molecular weight excluding hydrogens is 351 g/mol. The van der Waals surface area contributed by atoms with Gasteiger partial charge >= 0.3 is 12.1 Å². The molecule has 0 unspecified atom stereocenters. The lowest BCUT2D eigenvalue weighted by Crippen LogP contribution is -2.09. The van der Waals surface area contributed by atoms with Gasteiger partial charge < -0.3 is 14.6 Å². The minimum Gasteiger partial charge on any atom is -0.482 e. The van der Waals surface area contributed by atoms with Crippen LogP contribution in [0.1, 0.15) is 13.0 Å². The Labute approximate surface area is 140 Å². The SMILES string of the molecule is C.O=C(O)COc1ccc(Oc2ncc(C(F)(F)F)cc2Cl)cc1.